The van der Waals surface area contributed by atoms with E-state index < -0.39 is 0 Å². The smallest absolute Gasteiger partial charge is 0.251 e. The van der Waals surface area contributed by atoms with Crippen molar-refractivity contribution >= 4 is 34.2 Å². The fourth-order valence-electron chi connectivity index (χ4n) is 1.99. The molecule has 1 aliphatic rings. The number of aryl methyl sites for hydroxylation is 1. The highest BCUT2D eigenvalue weighted by molar-refractivity contribution is 9.10. The monoisotopic (exact) mass is 332 g/mol. The third-order valence-corrected chi connectivity index (χ3v) is 3.52. The predicted molar refractivity (Wildman–Crippen MR) is 79.2 cm³/mol. The Hall–Kier alpha value is -0.580. The van der Waals surface area contributed by atoms with Crippen molar-refractivity contribution in [3.05, 3.63) is 33.8 Å². The molecule has 0 saturated heterocycles. The lowest BCUT2D eigenvalue weighted by Crippen LogP contribution is -2.41. The van der Waals surface area contributed by atoms with Crippen LogP contribution in [0.2, 0.25) is 0 Å². The van der Waals surface area contributed by atoms with Crippen molar-refractivity contribution in [2.45, 2.75) is 25.8 Å². The molecule has 1 fully saturated rings. The van der Waals surface area contributed by atoms with Gasteiger partial charge < -0.3 is 11.1 Å². The molecule has 0 aromatic heterocycles. The molecule has 1 atom stereocenters. The SMILES string of the molecule is Cc1cc(Br)cc(C(=O)NC(CN)C2CC2)c1.Cl. The van der Waals surface area contributed by atoms with Crippen LogP contribution in [0.1, 0.15) is 28.8 Å². The van der Waals surface area contributed by atoms with Crippen LogP contribution >= 0.6 is 28.3 Å². The van der Waals surface area contributed by atoms with Crippen LogP contribution in [0.4, 0.5) is 0 Å². The van der Waals surface area contributed by atoms with Crippen LogP contribution in [0.25, 0.3) is 0 Å². The first-order valence-electron chi connectivity index (χ1n) is 5.88. The average Bonchev–Trinajstić information content (AvgIpc) is 3.08. The summed E-state index contributed by atoms with van der Waals surface area (Å²) < 4.78 is 0.929. The van der Waals surface area contributed by atoms with Crippen molar-refractivity contribution < 1.29 is 4.79 Å². The number of nitrogens with one attached hydrogen (secondary N) is 1. The number of rotatable bonds is 4. The Bertz CT molecular complexity index is 415. The summed E-state index contributed by atoms with van der Waals surface area (Å²) in [6.07, 6.45) is 2.36. The Labute approximate surface area is 122 Å². The standard InChI is InChI=1S/C13H17BrN2O.ClH/c1-8-4-10(6-11(14)5-8)13(17)16-12(7-15)9-2-3-9;/h4-6,9,12H,2-3,7,15H2,1H3,(H,16,17);1H. The van der Waals surface area contributed by atoms with Gasteiger partial charge in [-0.25, -0.2) is 0 Å². The normalized spacial score (nSPS) is 15.7. The van der Waals surface area contributed by atoms with Crippen molar-refractivity contribution in [3.8, 4) is 0 Å². The number of benzene rings is 1. The molecule has 0 aliphatic heterocycles. The van der Waals surface area contributed by atoms with E-state index in [0.717, 1.165) is 10.0 Å². The van der Waals surface area contributed by atoms with Gasteiger partial charge in [0.1, 0.15) is 0 Å². The van der Waals surface area contributed by atoms with E-state index in [1.165, 1.54) is 12.8 Å². The van der Waals surface area contributed by atoms with Gasteiger partial charge in [0.25, 0.3) is 5.91 Å². The summed E-state index contributed by atoms with van der Waals surface area (Å²) >= 11 is 3.40. The quantitative estimate of drug-likeness (QED) is 0.890. The third-order valence-electron chi connectivity index (χ3n) is 3.07. The van der Waals surface area contributed by atoms with E-state index in [1.54, 1.807) is 0 Å². The lowest BCUT2D eigenvalue weighted by molar-refractivity contribution is 0.0933. The van der Waals surface area contributed by atoms with E-state index in [9.17, 15) is 4.79 Å². The van der Waals surface area contributed by atoms with Crippen molar-refractivity contribution in [1.29, 1.82) is 0 Å². The van der Waals surface area contributed by atoms with Gasteiger partial charge in [-0.15, -0.1) is 12.4 Å². The minimum absolute atomic E-state index is 0. The summed E-state index contributed by atoms with van der Waals surface area (Å²) in [4.78, 5) is 12.1. The molecule has 18 heavy (non-hydrogen) atoms. The van der Waals surface area contributed by atoms with Crippen molar-refractivity contribution in [3.63, 3.8) is 0 Å². The lowest BCUT2D eigenvalue weighted by Gasteiger charge is -2.16. The molecular formula is C13H18BrClN2O. The van der Waals surface area contributed by atoms with Crippen LogP contribution in [-0.2, 0) is 0 Å². The minimum Gasteiger partial charge on any atom is -0.348 e. The van der Waals surface area contributed by atoms with E-state index in [1.807, 2.05) is 25.1 Å². The average molecular weight is 334 g/mol. The molecule has 1 unspecified atom stereocenters. The zero-order chi connectivity index (χ0) is 12.4. The van der Waals surface area contributed by atoms with Gasteiger partial charge in [-0.3, -0.25) is 4.79 Å². The molecule has 3 N–H and O–H groups in total. The fraction of sp³-hybridized carbons (Fsp3) is 0.462. The van der Waals surface area contributed by atoms with Gasteiger partial charge in [-0.2, -0.15) is 0 Å². The summed E-state index contributed by atoms with van der Waals surface area (Å²) in [6, 6.07) is 5.84. The van der Waals surface area contributed by atoms with Gasteiger partial charge in [0.2, 0.25) is 0 Å². The van der Waals surface area contributed by atoms with Crippen molar-refractivity contribution in [1.82, 2.24) is 5.32 Å². The molecule has 0 bridgehead atoms. The summed E-state index contributed by atoms with van der Waals surface area (Å²) in [5.41, 5.74) is 7.44. The van der Waals surface area contributed by atoms with E-state index >= 15 is 0 Å². The van der Waals surface area contributed by atoms with Crippen LogP contribution < -0.4 is 11.1 Å². The predicted octanol–water partition coefficient (Wildman–Crippen LogP) is 2.65. The molecule has 100 valence electrons. The summed E-state index contributed by atoms with van der Waals surface area (Å²) in [5.74, 6) is 0.550. The van der Waals surface area contributed by atoms with Crippen LogP contribution in [0.5, 0.6) is 0 Å². The zero-order valence-corrected chi connectivity index (χ0v) is 12.7. The Kier molecular flexibility index (Phi) is 5.63. The molecule has 0 heterocycles. The molecule has 1 aliphatic carbocycles. The van der Waals surface area contributed by atoms with E-state index in [0.29, 0.717) is 18.0 Å². The van der Waals surface area contributed by atoms with E-state index in [4.69, 9.17) is 5.73 Å². The molecule has 1 amide bonds. The first-order valence-corrected chi connectivity index (χ1v) is 6.67. The number of halogens is 2. The van der Waals surface area contributed by atoms with Gasteiger partial charge in [0, 0.05) is 22.6 Å². The number of hydrogen-bond donors (Lipinski definition) is 2. The van der Waals surface area contributed by atoms with Gasteiger partial charge in [-0.05, 0) is 49.4 Å². The van der Waals surface area contributed by atoms with Crippen LogP contribution in [-0.4, -0.2) is 18.5 Å². The largest absolute Gasteiger partial charge is 0.348 e. The third kappa shape index (κ3) is 3.97. The van der Waals surface area contributed by atoms with Crippen LogP contribution in [0.3, 0.4) is 0 Å². The van der Waals surface area contributed by atoms with Crippen LogP contribution in [0, 0.1) is 12.8 Å². The number of carbonyl (C=O) groups excluding carboxylic acids is 1. The Morgan fingerprint density at radius 1 is 1.50 bits per heavy atom. The molecule has 1 aromatic carbocycles. The molecule has 5 heteroatoms. The first-order chi connectivity index (χ1) is 8.10. The Balaban J connectivity index is 0.00000162. The van der Waals surface area contributed by atoms with E-state index in [-0.39, 0.29) is 24.4 Å². The minimum atomic E-state index is -0.0308. The van der Waals surface area contributed by atoms with Crippen molar-refractivity contribution in [2.75, 3.05) is 6.54 Å². The second-order valence-electron chi connectivity index (χ2n) is 4.67. The maximum absolute atomic E-state index is 12.1. The Morgan fingerprint density at radius 3 is 2.67 bits per heavy atom. The van der Waals surface area contributed by atoms with Gasteiger partial charge in [0.05, 0.1) is 0 Å². The molecule has 0 spiro atoms. The highest BCUT2D eigenvalue weighted by Gasteiger charge is 2.31. The maximum atomic E-state index is 12.1. The van der Waals surface area contributed by atoms with Gasteiger partial charge in [-0.1, -0.05) is 15.9 Å². The zero-order valence-electron chi connectivity index (χ0n) is 10.3. The highest BCUT2D eigenvalue weighted by Crippen LogP contribution is 2.32. The fourth-order valence-corrected chi connectivity index (χ4v) is 2.59. The molecule has 2 rings (SSSR count). The van der Waals surface area contributed by atoms with Gasteiger partial charge in [0.15, 0.2) is 0 Å². The number of hydrogen-bond acceptors (Lipinski definition) is 2. The number of amides is 1. The topological polar surface area (TPSA) is 55.1 Å². The van der Waals surface area contributed by atoms with Crippen LogP contribution in [0.15, 0.2) is 22.7 Å². The summed E-state index contributed by atoms with van der Waals surface area (Å²) in [5, 5.41) is 3.01. The first kappa shape index (κ1) is 15.5. The molecule has 1 saturated carbocycles. The second kappa shape index (κ2) is 6.55. The van der Waals surface area contributed by atoms with Crippen molar-refractivity contribution in [2.24, 2.45) is 11.7 Å². The second-order valence-corrected chi connectivity index (χ2v) is 5.59. The summed E-state index contributed by atoms with van der Waals surface area (Å²) in [6.45, 7) is 2.49. The Morgan fingerprint density at radius 2 is 2.17 bits per heavy atom. The molecular weight excluding hydrogens is 316 g/mol. The lowest BCUT2D eigenvalue weighted by atomic mass is 10.1. The summed E-state index contributed by atoms with van der Waals surface area (Å²) in [7, 11) is 0. The molecule has 3 nitrogen and oxygen atoms in total. The maximum Gasteiger partial charge on any atom is 0.251 e. The highest BCUT2D eigenvalue weighted by atomic mass is 79.9. The molecule has 0 radical (unpaired) electrons. The van der Waals surface area contributed by atoms with Gasteiger partial charge >= 0.3 is 0 Å². The molecule has 1 aromatic rings. The number of carbonyl (C=O) groups is 1. The van der Waals surface area contributed by atoms with E-state index in [2.05, 4.69) is 21.2 Å². The number of nitrogens with two attached hydrogens (primary N) is 1.